The Labute approximate surface area is 104 Å². The SMILES string of the molecule is COCCCNCC(=O)Nc1ccc(F)cc1F. The number of carbonyl (C=O) groups excluding carboxylic acids is 1. The van der Waals surface area contributed by atoms with E-state index in [0.717, 1.165) is 18.6 Å². The average Bonchev–Trinajstić information content (AvgIpc) is 2.32. The van der Waals surface area contributed by atoms with Crippen LogP contribution < -0.4 is 10.6 Å². The lowest BCUT2D eigenvalue weighted by Crippen LogP contribution is -2.29. The molecule has 2 N–H and O–H groups in total. The molecule has 0 saturated heterocycles. The van der Waals surface area contributed by atoms with E-state index in [1.165, 1.54) is 6.07 Å². The highest BCUT2D eigenvalue weighted by molar-refractivity contribution is 5.92. The summed E-state index contributed by atoms with van der Waals surface area (Å²) in [7, 11) is 1.60. The van der Waals surface area contributed by atoms with Crippen molar-refractivity contribution >= 4 is 11.6 Å². The van der Waals surface area contributed by atoms with Gasteiger partial charge in [-0.05, 0) is 25.1 Å². The molecule has 0 spiro atoms. The van der Waals surface area contributed by atoms with Gasteiger partial charge in [-0.25, -0.2) is 8.78 Å². The summed E-state index contributed by atoms with van der Waals surface area (Å²) in [5, 5.41) is 5.24. The van der Waals surface area contributed by atoms with Crippen LogP contribution in [-0.2, 0) is 9.53 Å². The third-order valence-electron chi connectivity index (χ3n) is 2.19. The monoisotopic (exact) mass is 258 g/mol. The summed E-state index contributed by atoms with van der Waals surface area (Å²) in [6.07, 6.45) is 0.786. The number of anilines is 1. The number of methoxy groups -OCH3 is 1. The number of ether oxygens (including phenoxy) is 1. The lowest BCUT2D eigenvalue weighted by atomic mass is 10.3. The van der Waals surface area contributed by atoms with Crippen molar-refractivity contribution in [2.24, 2.45) is 0 Å². The number of benzene rings is 1. The summed E-state index contributed by atoms with van der Waals surface area (Å²) < 4.78 is 30.7. The van der Waals surface area contributed by atoms with E-state index in [-0.39, 0.29) is 18.1 Å². The summed E-state index contributed by atoms with van der Waals surface area (Å²) in [5.74, 6) is -1.84. The molecule has 0 aliphatic rings. The molecule has 0 atom stereocenters. The van der Waals surface area contributed by atoms with E-state index in [9.17, 15) is 13.6 Å². The fourth-order valence-electron chi connectivity index (χ4n) is 1.33. The molecule has 0 aromatic heterocycles. The maximum atomic E-state index is 13.2. The second-order valence-corrected chi connectivity index (χ2v) is 3.70. The highest BCUT2D eigenvalue weighted by Gasteiger charge is 2.07. The first-order chi connectivity index (χ1) is 8.63. The number of nitrogens with one attached hydrogen (secondary N) is 2. The summed E-state index contributed by atoms with van der Waals surface area (Å²) in [5.41, 5.74) is -0.0277. The Balaban J connectivity index is 2.31. The van der Waals surface area contributed by atoms with Gasteiger partial charge in [0.05, 0.1) is 12.2 Å². The minimum Gasteiger partial charge on any atom is -0.385 e. The molecule has 0 aliphatic carbocycles. The van der Waals surface area contributed by atoms with Crippen LogP contribution in [0.4, 0.5) is 14.5 Å². The predicted octanol–water partition coefficient (Wildman–Crippen LogP) is 1.53. The van der Waals surface area contributed by atoms with Crippen molar-refractivity contribution in [2.75, 3.05) is 32.1 Å². The van der Waals surface area contributed by atoms with E-state index in [1.54, 1.807) is 7.11 Å². The Kier molecular flexibility index (Phi) is 6.24. The summed E-state index contributed by atoms with van der Waals surface area (Å²) in [6, 6.07) is 3.00. The molecule has 0 saturated carbocycles. The molecule has 0 heterocycles. The zero-order chi connectivity index (χ0) is 13.4. The quantitative estimate of drug-likeness (QED) is 0.729. The highest BCUT2D eigenvalue weighted by atomic mass is 19.1. The molecule has 1 aromatic carbocycles. The van der Waals surface area contributed by atoms with Crippen molar-refractivity contribution in [3.63, 3.8) is 0 Å². The Morgan fingerprint density at radius 1 is 1.39 bits per heavy atom. The Hall–Kier alpha value is -1.53. The number of rotatable bonds is 7. The van der Waals surface area contributed by atoms with Crippen molar-refractivity contribution in [1.29, 1.82) is 0 Å². The molecule has 1 aromatic rings. The first kappa shape index (κ1) is 14.5. The van der Waals surface area contributed by atoms with Crippen molar-refractivity contribution < 1.29 is 18.3 Å². The Morgan fingerprint density at radius 2 is 2.17 bits per heavy atom. The minimum absolute atomic E-state index is 0.0277. The van der Waals surface area contributed by atoms with Gasteiger partial charge in [0.2, 0.25) is 5.91 Å². The summed E-state index contributed by atoms with van der Waals surface area (Å²) in [4.78, 5) is 11.4. The fourth-order valence-corrected chi connectivity index (χ4v) is 1.33. The van der Waals surface area contributed by atoms with Crippen LogP contribution in [0.25, 0.3) is 0 Å². The van der Waals surface area contributed by atoms with Gasteiger partial charge in [0.15, 0.2) is 0 Å². The van der Waals surface area contributed by atoms with Crippen molar-refractivity contribution in [3.8, 4) is 0 Å². The number of hydrogen-bond acceptors (Lipinski definition) is 3. The van der Waals surface area contributed by atoms with Crippen LogP contribution in [0.15, 0.2) is 18.2 Å². The molecule has 0 unspecified atom stereocenters. The van der Waals surface area contributed by atoms with Crippen molar-refractivity contribution in [3.05, 3.63) is 29.8 Å². The largest absolute Gasteiger partial charge is 0.385 e. The van der Waals surface area contributed by atoms with E-state index < -0.39 is 11.6 Å². The highest BCUT2D eigenvalue weighted by Crippen LogP contribution is 2.14. The van der Waals surface area contributed by atoms with E-state index in [0.29, 0.717) is 13.2 Å². The lowest BCUT2D eigenvalue weighted by molar-refractivity contribution is -0.115. The molecule has 0 aliphatic heterocycles. The third-order valence-corrected chi connectivity index (χ3v) is 2.19. The van der Waals surface area contributed by atoms with Crippen LogP contribution in [0.1, 0.15) is 6.42 Å². The molecule has 1 amide bonds. The summed E-state index contributed by atoms with van der Waals surface area (Å²) >= 11 is 0. The number of hydrogen-bond donors (Lipinski definition) is 2. The fraction of sp³-hybridized carbons (Fsp3) is 0.417. The summed E-state index contributed by atoms with van der Waals surface area (Å²) in [6.45, 7) is 1.31. The normalized spacial score (nSPS) is 10.4. The van der Waals surface area contributed by atoms with Gasteiger partial charge in [0, 0.05) is 19.8 Å². The van der Waals surface area contributed by atoms with Crippen LogP contribution in [0, 0.1) is 11.6 Å². The number of halogens is 2. The molecule has 0 bridgehead atoms. The first-order valence-corrected chi connectivity index (χ1v) is 5.58. The van der Waals surface area contributed by atoms with Crippen molar-refractivity contribution in [1.82, 2.24) is 5.32 Å². The average molecular weight is 258 g/mol. The molecule has 18 heavy (non-hydrogen) atoms. The molecular weight excluding hydrogens is 242 g/mol. The first-order valence-electron chi connectivity index (χ1n) is 5.58. The van der Waals surface area contributed by atoms with Crippen LogP contribution in [0.5, 0.6) is 0 Å². The van der Waals surface area contributed by atoms with Gasteiger partial charge < -0.3 is 15.4 Å². The topological polar surface area (TPSA) is 50.4 Å². The molecule has 1 rings (SSSR count). The van der Waals surface area contributed by atoms with E-state index in [2.05, 4.69) is 10.6 Å². The standard InChI is InChI=1S/C12H16F2N2O2/c1-18-6-2-5-15-8-12(17)16-11-4-3-9(13)7-10(11)14/h3-4,7,15H,2,5-6,8H2,1H3,(H,16,17). The van der Waals surface area contributed by atoms with Crippen molar-refractivity contribution in [2.45, 2.75) is 6.42 Å². The van der Waals surface area contributed by atoms with Gasteiger partial charge in [0.25, 0.3) is 0 Å². The third kappa shape index (κ3) is 5.20. The molecule has 0 radical (unpaired) electrons. The van der Waals surface area contributed by atoms with Crippen LogP contribution in [0.3, 0.4) is 0 Å². The Morgan fingerprint density at radius 3 is 2.83 bits per heavy atom. The molecule has 6 heteroatoms. The number of carbonyl (C=O) groups is 1. The van der Waals surface area contributed by atoms with Gasteiger partial charge in [-0.2, -0.15) is 0 Å². The smallest absolute Gasteiger partial charge is 0.238 e. The molecule has 0 fully saturated rings. The van der Waals surface area contributed by atoms with E-state index in [4.69, 9.17) is 4.74 Å². The van der Waals surface area contributed by atoms with Gasteiger partial charge in [-0.15, -0.1) is 0 Å². The van der Waals surface area contributed by atoms with Gasteiger partial charge in [0.1, 0.15) is 11.6 Å². The second kappa shape index (κ2) is 7.73. The van der Waals surface area contributed by atoms with Crippen LogP contribution in [0.2, 0.25) is 0 Å². The Bertz CT molecular complexity index is 400. The zero-order valence-corrected chi connectivity index (χ0v) is 10.1. The van der Waals surface area contributed by atoms with Gasteiger partial charge in [-0.3, -0.25) is 4.79 Å². The maximum absolute atomic E-state index is 13.2. The molecular formula is C12H16F2N2O2. The van der Waals surface area contributed by atoms with E-state index >= 15 is 0 Å². The van der Waals surface area contributed by atoms with Gasteiger partial charge in [-0.1, -0.05) is 0 Å². The van der Waals surface area contributed by atoms with Crippen LogP contribution in [-0.4, -0.2) is 32.7 Å². The zero-order valence-electron chi connectivity index (χ0n) is 10.1. The molecule has 100 valence electrons. The minimum atomic E-state index is -0.789. The second-order valence-electron chi connectivity index (χ2n) is 3.70. The predicted molar refractivity (Wildman–Crippen MR) is 64.4 cm³/mol. The lowest BCUT2D eigenvalue weighted by Gasteiger charge is -2.07. The molecule has 4 nitrogen and oxygen atoms in total. The van der Waals surface area contributed by atoms with E-state index in [1.807, 2.05) is 0 Å². The number of amides is 1. The maximum Gasteiger partial charge on any atom is 0.238 e. The van der Waals surface area contributed by atoms with Gasteiger partial charge >= 0.3 is 0 Å². The van der Waals surface area contributed by atoms with Crippen LogP contribution >= 0.6 is 0 Å².